The maximum absolute atomic E-state index is 4.57. The van der Waals surface area contributed by atoms with E-state index < -0.39 is 0 Å². The van der Waals surface area contributed by atoms with E-state index >= 15 is 0 Å². The van der Waals surface area contributed by atoms with Crippen molar-refractivity contribution in [2.45, 2.75) is 25.3 Å². The molecule has 17 heavy (non-hydrogen) atoms. The average molecular weight is 230 g/mol. The lowest BCUT2D eigenvalue weighted by atomic mass is 9.85. The van der Waals surface area contributed by atoms with E-state index in [0.717, 1.165) is 16.2 Å². The van der Waals surface area contributed by atoms with E-state index in [1.165, 1.54) is 44.7 Å². The fourth-order valence-electron chi connectivity index (χ4n) is 3.58. The van der Waals surface area contributed by atoms with Gasteiger partial charge in [-0.2, -0.15) is 4.99 Å². The Morgan fingerprint density at radius 2 is 1.76 bits per heavy atom. The number of amidine groups is 2. The Morgan fingerprint density at radius 1 is 1.00 bits per heavy atom. The second kappa shape index (κ2) is 3.32. The van der Waals surface area contributed by atoms with Crippen molar-refractivity contribution in [3.05, 3.63) is 0 Å². The minimum atomic E-state index is 0.00894. The van der Waals surface area contributed by atoms with Gasteiger partial charge in [0.2, 0.25) is 11.9 Å². The largest absolute Gasteiger partial charge is 0.276 e. The first-order valence-corrected chi connectivity index (χ1v) is 6.44. The fourth-order valence-corrected chi connectivity index (χ4v) is 3.58. The molecule has 0 amide bonds. The Labute approximate surface area is 100 Å². The molecule has 88 valence electrons. The Kier molecular flexibility index (Phi) is 1.88. The van der Waals surface area contributed by atoms with Crippen LogP contribution in [0.4, 0.5) is 0 Å². The Balaban J connectivity index is 1.74. The molecule has 5 heterocycles. The molecule has 5 heteroatoms. The number of aliphatic imine (C=N–C) groups is 4. The summed E-state index contributed by atoms with van der Waals surface area (Å²) in [5, 5.41) is 0. The number of hydrogen-bond acceptors (Lipinski definition) is 4. The molecule has 0 spiro atoms. The van der Waals surface area contributed by atoms with Crippen molar-refractivity contribution in [1.29, 1.82) is 0 Å². The number of fused-ring (bicyclic) bond motifs is 4. The van der Waals surface area contributed by atoms with Crippen molar-refractivity contribution >= 4 is 24.3 Å². The molecule has 0 N–H and O–H groups in total. The highest BCUT2D eigenvalue weighted by Gasteiger charge is 2.48. The van der Waals surface area contributed by atoms with Crippen molar-refractivity contribution in [1.82, 2.24) is 0 Å². The second-order valence-electron chi connectivity index (χ2n) is 5.43. The molecule has 5 aliphatic heterocycles. The summed E-state index contributed by atoms with van der Waals surface area (Å²) in [5.74, 6) is 2.98. The smallest absolute Gasteiger partial charge is 0.237 e. The predicted octanol–water partition coefficient (Wildman–Crippen LogP) is 0.866. The van der Waals surface area contributed by atoms with E-state index in [2.05, 4.69) is 20.0 Å². The van der Waals surface area contributed by atoms with Gasteiger partial charge in [0.25, 0.3) is 0 Å². The Bertz CT molecular complexity index is 452. The van der Waals surface area contributed by atoms with Crippen molar-refractivity contribution in [2.75, 3.05) is 19.6 Å². The van der Waals surface area contributed by atoms with E-state index in [1.54, 1.807) is 12.7 Å². The first-order valence-electron chi connectivity index (χ1n) is 6.44. The molecule has 0 aromatic heterocycles. The lowest BCUT2D eigenvalue weighted by Gasteiger charge is -2.49. The van der Waals surface area contributed by atoms with Crippen molar-refractivity contribution in [3.8, 4) is 0 Å². The van der Waals surface area contributed by atoms with Crippen LogP contribution in [0.5, 0.6) is 0 Å². The third kappa shape index (κ3) is 1.29. The van der Waals surface area contributed by atoms with Gasteiger partial charge >= 0.3 is 0 Å². The summed E-state index contributed by atoms with van der Waals surface area (Å²) >= 11 is 0. The van der Waals surface area contributed by atoms with E-state index in [1.807, 2.05) is 0 Å². The molecule has 0 saturated carbocycles. The molecule has 0 aromatic rings. The molecule has 0 radical (unpaired) electrons. The minimum Gasteiger partial charge on any atom is -0.276 e. The molecule has 1 atom stereocenters. The van der Waals surface area contributed by atoms with E-state index in [9.17, 15) is 0 Å². The van der Waals surface area contributed by atoms with Gasteiger partial charge in [0.1, 0.15) is 12.7 Å². The zero-order valence-corrected chi connectivity index (χ0v) is 9.79. The highest BCUT2D eigenvalue weighted by atomic mass is 15.4. The van der Waals surface area contributed by atoms with Gasteiger partial charge in [0.15, 0.2) is 5.84 Å². The van der Waals surface area contributed by atoms with Gasteiger partial charge in [0, 0.05) is 19.3 Å². The van der Waals surface area contributed by atoms with Gasteiger partial charge in [-0.05, 0) is 5.92 Å². The van der Waals surface area contributed by atoms with Crippen LogP contribution in [0.3, 0.4) is 0 Å². The third-order valence-electron chi connectivity index (χ3n) is 4.66. The molecule has 5 rings (SSSR count). The molecule has 2 bridgehead atoms. The topological polar surface area (TPSA) is 49.4 Å². The third-order valence-corrected chi connectivity index (χ3v) is 4.66. The quantitative estimate of drug-likeness (QED) is 0.554. The van der Waals surface area contributed by atoms with Crippen LogP contribution in [0.25, 0.3) is 0 Å². The van der Waals surface area contributed by atoms with E-state index in [0.29, 0.717) is 0 Å². The Hall–Kier alpha value is -1.36. The summed E-state index contributed by atoms with van der Waals surface area (Å²) in [5.41, 5.74) is 0. The van der Waals surface area contributed by atoms with E-state index in [-0.39, 0.29) is 6.04 Å². The second-order valence-corrected chi connectivity index (χ2v) is 5.43. The zero-order valence-electron chi connectivity index (χ0n) is 9.79. The summed E-state index contributed by atoms with van der Waals surface area (Å²) in [7, 11) is 0. The predicted molar refractivity (Wildman–Crippen MR) is 67.8 cm³/mol. The highest BCUT2D eigenvalue weighted by molar-refractivity contribution is 6.18. The maximum atomic E-state index is 4.57. The zero-order chi connectivity index (χ0) is 11.3. The Morgan fingerprint density at radius 3 is 2.53 bits per heavy atom. The van der Waals surface area contributed by atoms with Gasteiger partial charge < -0.3 is 0 Å². The maximum Gasteiger partial charge on any atom is 0.237 e. The first-order chi connectivity index (χ1) is 8.37. The van der Waals surface area contributed by atoms with Crippen LogP contribution < -0.4 is 0 Å². The van der Waals surface area contributed by atoms with Crippen LogP contribution in [0.15, 0.2) is 20.0 Å². The molecule has 1 unspecified atom stereocenters. The summed E-state index contributed by atoms with van der Waals surface area (Å²) in [6.45, 7) is 3.70. The summed E-state index contributed by atoms with van der Waals surface area (Å²) in [6, 6.07) is 0.00894. The molecular weight excluding hydrogens is 214 g/mol. The van der Waals surface area contributed by atoms with Gasteiger partial charge in [-0.25, -0.2) is 15.0 Å². The van der Waals surface area contributed by atoms with Crippen molar-refractivity contribution in [3.63, 3.8) is 0 Å². The lowest BCUT2D eigenvalue weighted by molar-refractivity contribution is -0.860. The number of quaternary nitrogens is 1. The molecule has 5 nitrogen and oxygen atoms in total. The van der Waals surface area contributed by atoms with Crippen LogP contribution >= 0.6 is 0 Å². The lowest BCUT2D eigenvalue weighted by Crippen LogP contribution is -2.65. The van der Waals surface area contributed by atoms with Gasteiger partial charge in [0.05, 0.1) is 19.6 Å². The number of rotatable bonds is 0. The molecule has 3 saturated heterocycles. The molecule has 0 aliphatic carbocycles. The molecule has 5 aliphatic rings. The van der Waals surface area contributed by atoms with E-state index in [4.69, 9.17) is 0 Å². The normalized spacial score (nSPS) is 42.4. The van der Waals surface area contributed by atoms with Crippen LogP contribution in [-0.2, 0) is 0 Å². The number of nitrogens with zero attached hydrogens (tertiary/aromatic N) is 5. The minimum absolute atomic E-state index is 0.00894. The molecule has 3 fully saturated rings. The number of piperidine rings is 3. The molecular formula is C12H16N5+. The monoisotopic (exact) mass is 230 g/mol. The van der Waals surface area contributed by atoms with Crippen LogP contribution in [0.2, 0.25) is 0 Å². The highest BCUT2D eigenvalue weighted by Crippen LogP contribution is 2.35. The standard InChI is InChI=1S/C12H16N5/c1-4-17(5-2-9(1)3-6-17)12-10-11(14-7-13-10)15-8-16-12/h7-10H,1-6H2/q+1. The summed E-state index contributed by atoms with van der Waals surface area (Å²) < 4.78 is 1.05. The average Bonchev–Trinajstić information content (AvgIpc) is 2.89. The fraction of sp³-hybridized carbons (Fsp3) is 0.667. The van der Waals surface area contributed by atoms with Gasteiger partial charge in [-0.3, -0.25) is 4.48 Å². The summed E-state index contributed by atoms with van der Waals surface area (Å²) in [4.78, 5) is 17.4. The van der Waals surface area contributed by atoms with Crippen LogP contribution in [0.1, 0.15) is 19.3 Å². The van der Waals surface area contributed by atoms with Crippen LogP contribution in [0, 0.1) is 5.92 Å². The SMILES string of the molecule is C1=NC2=NC=NC2C([N+]23CCC(CC2)CC3)=N1. The summed E-state index contributed by atoms with van der Waals surface area (Å²) in [6.07, 6.45) is 7.33. The van der Waals surface area contributed by atoms with Crippen molar-refractivity contribution in [2.24, 2.45) is 25.9 Å². The van der Waals surface area contributed by atoms with Crippen molar-refractivity contribution < 1.29 is 4.48 Å². The van der Waals surface area contributed by atoms with Gasteiger partial charge in [-0.15, -0.1) is 0 Å². The van der Waals surface area contributed by atoms with Gasteiger partial charge in [-0.1, -0.05) is 0 Å². The molecule has 0 aromatic carbocycles. The first kappa shape index (κ1) is 9.65. The number of hydrogen-bond donors (Lipinski definition) is 0. The van der Waals surface area contributed by atoms with Crippen LogP contribution in [-0.4, -0.2) is 54.5 Å².